The molecule has 1 aromatic carbocycles. The molecule has 7 nitrogen and oxygen atoms in total. The minimum absolute atomic E-state index is 0.0000558. The molecule has 7 heteroatoms. The summed E-state index contributed by atoms with van der Waals surface area (Å²) < 4.78 is 5.79. The van der Waals surface area contributed by atoms with Crippen molar-refractivity contribution in [2.75, 3.05) is 31.1 Å². The van der Waals surface area contributed by atoms with E-state index >= 15 is 0 Å². The molecule has 1 aromatic rings. The predicted octanol–water partition coefficient (Wildman–Crippen LogP) is 2.19. The van der Waals surface area contributed by atoms with Crippen LogP contribution in [0.1, 0.15) is 44.9 Å². The van der Waals surface area contributed by atoms with Crippen LogP contribution in [0.2, 0.25) is 0 Å². The molecular formula is C23H29N3O4. The van der Waals surface area contributed by atoms with E-state index < -0.39 is 0 Å². The number of fused-ring (bicyclic) bond motifs is 1. The molecule has 2 atom stereocenters. The molecule has 0 N–H and O–H groups in total. The molecule has 3 heterocycles. The maximum atomic E-state index is 12.8. The minimum atomic E-state index is -0.00836. The molecule has 160 valence electrons. The Kier molecular flexibility index (Phi) is 5.13. The van der Waals surface area contributed by atoms with Gasteiger partial charge in [0.15, 0.2) is 6.61 Å². The summed E-state index contributed by atoms with van der Waals surface area (Å²) in [6, 6.07) is 8.17. The summed E-state index contributed by atoms with van der Waals surface area (Å²) in [6.45, 7) is 2.13. The summed E-state index contributed by atoms with van der Waals surface area (Å²) in [4.78, 5) is 42.9. The number of piperidine rings is 2. The van der Waals surface area contributed by atoms with E-state index in [0.29, 0.717) is 55.6 Å². The maximum Gasteiger partial charge on any atom is 0.260 e. The summed E-state index contributed by atoms with van der Waals surface area (Å²) >= 11 is 0. The number of hydrogen-bond acceptors (Lipinski definition) is 4. The topological polar surface area (TPSA) is 70.2 Å². The van der Waals surface area contributed by atoms with Gasteiger partial charge in [0.25, 0.3) is 5.91 Å². The molecule has 1 aliphatic carbocycles. The summed E-state index contributed by atoms with van der Waals surface area (Å²) in [5.41, 5.74) is 0.829. The number of carbonyl (C=O) groups is 3. The zero-order chi connectivity index (χ0) is 20.7. The molecule has 0 radical (unpaired) electrons. The van der Waals surface area contributed by atoms with Gasteiger partial charge in [0, 0.05) is 56.3 Å². The smallest absolute Gasteiger partial charge is 0.260 e. The average Bonchev–Trinajstić information content (AvgIpc) is 3.51. The molecule has 3 saturated heterocycles. The van der Waals surface area contributed by atoms with Crippen LogP contribution in [0.25, 0.3) is 0 Å². The first-order valence-electron chi connectivity index (χ1n) is 11.2. The van der Waals surface area contributed by atoms with Gasteiger partial charge in [0.2, 0.25) is 11.8 Å². The lowest BCUT2D eigenvalue weighted by Gasteiger charge is -2.47. The largest absolute Gasteiger partial charge is 0.484 e. The molecule has 0 bridgehead atoms. The van der Waals surface area contributed by atoms with Gasteiger partial charge in [0.1, 0.15) is 5.75 Å². The van der Waals surface area contributed by atoms with Gasteiger partial charge in [-0.3, -0.25) is 14.4 Å². The van der Waals surface area contributed by atoms with E-state index in [-0.39, 0.29) is 18.4 Å². The van der Waals surface area contributed by atoms with Crippen molar-refractivity contribution in [3.05, 3.63) is 24.3 Å². The van der Waals surface area contributed by atoms with E-state index in [0.717, 1.165) is 44.3 Å². The molecule has 0 spiro atoms. The van der Waals surface area contributed by atoms with E-state index in [2.05, 4.69) is 4.90 Å². The van der Waals surface area contributed by atoms with Crippen LogP contribution in [0.15, 0.2) is 24.3 Å². The monoisotopic (exact) mass is 411 g/mol. The first-order valence-corrected chi connectivity index (χ1v) is 11.2. The van der Waals surface area contributed by atoms with Crippen molar-refractivity contribution in [3.63, 3.8) is 0 Å². The third-order valence-corrected chi connectivity index (χ3v) is 6.93. The van der Waals surface area contributed by atoms with Gasteiger partial charge < -0.3 is 19.4 Å². The van der Waals surface area contributed by atoms with E-state index in [4.69, 9.17) is 4.74 Å². The Balaban J connectivity index is 1.17. The molecule has 1 saturated carbocycles. The Labute approximate surface area is 176 Å². The molecule has 3 amide bonds. The number of benzene rings is 1. The second kappa shape index (κ2) is 7.93. The summed E-state index contributed by atoms with van der Waals surface area (Å²) in [7, 11) is 0. The third kappa shape index (κ3) is 3.77. The highest BCUT2D eigenvalue weighted by Crippen LogP contribution is 2.39. The standard InChI is InChI=1S/C23H29N3O4/c27-21-5-2-11-25(21)18-3-1-4-19(13-18)30-15-23(29)24-12-10-20-16(14-24)6-9-22(28)26(20)17-7-8-17/h1,3-4,13,16-17,20H,2,5-12,14-15H2. The second-order valence-electron chi connectivity index (χ2n) is 8.96. The van der Waals surface area contributed by atoms with Crippen molar-refractivity contribution < 1.29 is 19.1 Å². The van der Waals surface area contributed by atoms with E-state index in [1.807, 2.05) is 29.2 Å². The van der Waals surface area contributed by atoms with Gasteiger partial charge in [0.05, 0.1) is 0 Å². The normalized spacial score (nSPS) is 26.7. The Morgan fingerprint density at radius 3 is 2.67 bits per heavy atom. The fourth-order valence-corrected chi connectivity index (χ4v) is 5.24. The summed E-state index contributed by atoms with van der Waals surface area (Å²) in [5.74, 6) is 1.42. The fraction of sp³-hybridized carbons (Fsp3) is 0.609. The van der Waals surface area contributed by atoms with Crippen LogP contribution >= 0.6 is 0 Å². The Morgan fingerprint density at radius 1 is 1.03 bits per heavy atom. The number of ether oxygens (including phenoxy) is 1. The second-order valence-corrected chi connectivity index (χ2v) is 8.96. The van der Waals surface area contributed by atoms with Crippen LogP contribution in [0.3, 0.4) is 0 Å². The Morgan fingerprint density at radius 2 is 1.90 bits per heavy atom. The van der Waals surface area contributed by atoms with Crippen LogP contribution in [0.5, 0.6) is 5.75 Å². The number of anilines is 1. The quantitative estimate of drug-likeness (QED) is 0.745. The van der Waals surface area contributed by atoms with Crippen molar-refractivity contribution in [3.8, 4) is 5.75 Å². The van der Waals surface area contributed by atoms with Gasteiger partial charge in [-0.15, -0.1) is 0 Å². The number of likely N-dealkylation sites (tertiary alicyclic amines) is 2. The predicted molar refractivity (Wildman–Crippen MR) is 111 cm³/mol. The highest BCUT2D eigenvalue weighted by molar-refractivity contribution is 5.95. The van der Waals surface area contributed by atoms with Gasteiger partial charge in [-0.25, -0.2) is 0 Å². The number of nitrogens with zero attached hydrogens (tertiary/aromatic N) is 3. The lowest BCUT2D eigenvalue weighted by atomic mass is 9.83. The Hall–Kier alpha value is -2.57. The van der Waals surface area contributed by atoms with Crippen LogP contribution in [-0.4, -0.2) is 65.8 Å². The zero-order valence-corrected chi connectivity index (χ0v) is 17.3. The highest BCUT2D eigenvalue weighted by Gasteiger charge is 2.45. The molecule has 2 unspecified atom stereocenters. The lowest BCUT2D eigenvalue weighted by Crippen LogP contribution is -2.57. The average molecular weight is 412 g/mol. The maximum absolute atomic E-state index is 12.8. The third-order valence-electron chi connectivity index (χ3n) is 6.93. The van der Waals surface area contributed by atoms with E-state index in [1.54, 1.807) is 4.90 Å². The van der Waals surface area contributed by atoms with Crippen molar-refractivity contribution in [2.24, 2.45) is 5.92 Å². The van der Waals surface area contributed by atoms with E-state index in [1.165, 1.54) is 0 Å². The molecule has 3 aliphatic heterocycles. The van der Waals surface area contributed by atoms with Crippen molar-refractivity contribution >= 4 is 23.4 Å². The number of hydrogen-bond donors (Lipinski definition) is 0. The highest BCUT2D eigenvalue weighted by atomic mass is 16.5. The number of amides is 3. The van der Waals surface area contributed by atoms with Gasteiger partial charge in [-0.05, 0) is 50.2 Å². The van der Waals surface area contributed by atoms with Gasteiger partial charge >= 0.3 is 0 Å². The zero-order valence-electron chi connectivity index (χ0n) is 17.3. The Bertz CT molecular complexity index is 853. The first-order chi connectivity index (χ1) is 14.6. The number of rotatable bonds is 5. The minimum Gasteiger partial charge on any atom is -0.484 e. The van der Waals surface area contributed by atoms with Crippen molar-refractivity contribution in [1.29, 1.82) is 0 Å². The molecular weight excluding hydrogens is 382 g/mol. The molecule has 4 fully saturated rings. The first kappa shape index (κ1) is 19.4. The number of carbonyl (C=O) groups excluding carboxylic acids is 3. The molecule has 0 aromatic heterocycles. The van der Waals surface area contributed by atoms with Crippen LogP contribution in [0.4, 0.5) is 5.69 Å². The lowest BCUT2D eigenvalue weighted by molar-refractivity contribution is -0.145. The van der Waals surface area contributed by atoms with E-state index in [9.17, 15) is 14.4 Å². The summed E-state index contributed by atoms with van der Waals surface area (Å²) in [6.07, 6.45) is 6.08. The molecule has 4 aliphatic rings. The SMILES string of the molecule is O=C(COc1cccc(N2CCCC2=O)c1)N1CCC2C(CCC(=O)N2C2CC2)C1. The fourth-order valence-electron chi connectivity index (χ4n) is 5.24. The summed E-state index contributed by atoms with van der Waals surface area (Å²) in [5, 5.41) is 0. The van der Waals surface area contributed by atoms with Crippen LogP contribution in [-0.2, 0) is 14.4 Å². The molecule has 30 heavy (non-hydrogen) atoms. The van der Waals surface area contributed by atoms with Crippen LogP contribution in [0, 0.1) is 5.92 Å². The van der Waals surface area contributed by atoms with Crippen molar-refractivity contribution in [2.45, 2.75) is 57.0 Å². The van der Waals surface area contributed by atoms with Gasteiger partial charge in [-0.1, -0.05) is 6.07 Å². The van der Waals surface area contributed by atoms with Crippen molar-refractivity contribution in [1.82, 2.24) is 9.80 Å². The van der Waals surface area contributed by atoms with Gasteiger partial charge in [-0.2, -0.15) is 0 Å². The molecule has 5 rings (SSSR count). The van der Waals surface area contributed by atoms with Crippen LogP contribution < -0.4 is 9.64 Å².